The minimum absolute atomic E-state index is 0.0686. The highest BCUT2D eigenvalue weighted by Crippen LogP contribution is 2.42. The summed E-state index contributed by atoms with van der Waals surface area (Å²) in [5, 5.41) is 4.77. The highest BCUT2D eigenvalue weighted by atomic mass is 32.2. The van der Waals surface area contributed by atoms with Gasteiger partial charge in [-0.3, -0.25) is 4.72 Å². The van der Waals surface area contributed by atoms with Crippen LogP contribution in [0.2, 0.25) is 0 Å². The highest BCUT2D eigenvalue weighted by Gasteiger charge is 2.28. The zero-order chi connectivity index (χ0) is 33.4. The van der Waals surface area contributed by atoms with Crippen molar-refractivity contribution in [3.8, 4) is 21.8 Å². The molecule has 2 aromatic heterocycles. The number of hydrogen-bond donors (Lipinski definition) is 3. The molecule has 0 aliphatic carbocycles. The first kappa shape index (κ1) is 32.8. The van der Waals surface area contributed by atoms with E-state index in [1.807, 2.05) is 25.5 Å². The lowest BCUT2D eigenvalue weighted by Gasteiger charge is -2.14. The van der Waals surface area contributed by atoms with Gasteiger partial charge in [-0.25, -0.2) is 45.5 Å². The van der Waals surface area contributed by atoms with E-state index in [4.69, 9.17) is 9.76 Å². The van der Waals surface area contributed by atoms with Crippen LogP contribution in [0.3, 0.4) is 0 Å². The normalized spacial score (nSPS) is 13.2. The molecule has 0 spiro atoms. The first-order valence-corrected chi connectivity index (χ1v) is 17.4. The molecule has 9 nitrogen and oxygen atoms in total. The van der Waals surface area contributed by atoms with Crippen LogP contribution < -0.4 is 10.0 Å². The number of aromatic nitrogens is 3. The number of rotatable bonds is 9. The second-order valence-electron chi connectivity index (χ2n) is 11.0. The second-order valence-corrected chi connectivity index (χ2v) is 15.6. The summed E-state index contributed by atoms with van der Waals surface area (Å²) in [6.07, 6.45) is 1.50. The van der Waals surface area contributed by atoms with Crippen molar-refractivity contribution in [3.63, 3.8) is 0 Å². The van der Waals surface area contributed by atoms with Gasteiger partial charge in [-0.1, -0.05) is 39.5 Å². The molecule has 5 aromatic rings. The third-order valence-electron chi connectivity index (χ3n) is 6.54. The zero-order valence-electron chi connectivity index (χ0n) is 24.6. The third kappa shape index (κ3) is 6.66. The molecule has 2 heterocycles. The fourth-order valence-corrected chi connectivity index (χ4v) is 7.28. The van der Waals surface area contributed by atoms with Crippen molar-refractivity contribution in [2.45, 2.75) is 36.0 Å². The van der Waals surface area contributed by atoms with Crippen molar-refractivity contribution >= 4 is 48.4 Å². The first-order chi connectivity index (χ1) is 21.6. The van der Waals surface area contributed by atoms with Crippen molar-refractivity contribution < 1.29 is 25.8 Å². The van der Waals surface area contributed by atoms with Crippen molar-refractivity contribution in [1.82, 2.24) is 15.0 Å². The Balaban J connectivity index is 1.55. The number of nitrogens with zero attached hydrogens (tertiary/aromatic N) is 3. The van der Waals surface area contributed by atoms with Crippen LogP contribution >= 0.6 is 11.3 Å². The topological polar surface area (TPSA) is 138 Å². The van der Waals surface area contributed by atoms with Gasteiger partial charge in [0, 0.05) is 28.3 Å². The second kappa shape index (κ2) is 12.3. The van der Waals surface area contributed by atoms with E-state index >= 15 is 4.39 Å². The van der Waals surface area contributed by atoms with Crippen molar-refractivity contribution in [3.05, 3.63) is 107 Å². The number of halogens is 3. The van der Waals surface area contributed by atoms with E-state index in [9.17, 15) is 21.4 Å². The Bertz CT molecular complexity index is 2160. The van der Waals surface area contributed by atoms with Crippen molar-refractivity contribution in [2.24, 2.45) is 0 Å². The van der Waals surface area contributed by atoms with Gasteiger partial charge in [-0.2, -0.15) is 0 Å². The maximum atomic E-state index is 16.1. The van der Waals surface area contributed by atoms with Crippen molar-refractivity contribution in [2.75, 3.05) is 10.0 Å². The fraction of sp³-hybridized carbons (Fsp3) is 0.129. The first-order valence-electron chi connectivity index (χ1n) is 13.5. The van der Waals surface area contributed by atoms with Gasteiger partial charge < -0.3 is 5.32 Å². The predicted octanol–water partition coefficient (Wildman–Crippen LogP) is 8.08. The molecule has 0 saturated carbocycles. The number of sulfonamides is 1. The van der Waals surface area contributed by atoms with E-state index in [-0.39, 0.29) is 22.1 Å². The van der Waals surface area contributed by atoms with Crippen LogP contribution in [0.1, 0.15) is 25.8 Å². The van der Waals surface area contributed by atoms with Crippen LogP contribution in [0.5, 0.6) is 0 Å². The number of nitrogens with one attached hydrogen (secondary N) is 3. The molecule has 0 radical (unpaired) electrons. The summed E-state index contributed by atoms with van der Waals surface area (Å²) in [7, 11) is -7.95. The van der Waals surface area contributed by atoms with Crippen molar-refractivity contribution in [1.29, 1.82) is 4.78 Å². The molecular weight excluding hydrogens is 658 g/mol. The van der Waals surface area contributed by atoms with E-state index in [1.165, 1.54) is 41.8 Å². The van der Waals surface area contributed by atoms with Gasteiger partial charge in [0.2, 0.25) is 5.95 Å². The summed E-state index contributed by atoms with van der Waals surface area (Å²) < 4.78 is 92.6. The Hall–Kier alpha value is -4.60. The Morgan fingerprint density at radius 2 is 1.57 bits per heavy atom. The molecular formula is C31H27F3N6O3S3. The summed E-state index contributed by atoms with van der Waals surface area (Å²) >= 11 is 1.27. The van der Waals surface area contributed by atoms with Gasteiger partial charge in [-0.05, 0) is 54.6 Å². The van der Waals surface area contributed by atoms with Crippen LogP contribution in [-0.4, -0.2) is 27.6 Å². The van der Waals surface area contributed by atoms with Crippen LogP contribution in [0.25, 0.3) is 21.8 Å². The standard InChI is InChI=1S/C31H27F3N6O3S3/c1-5-45(35,41)19-14-12-18(13-15-19)37-30-36-17-16-24(38-30)27-26(39-29(44-27)31(2,3)4)20-8-6-11-23(25(20)34)40-46(42,43)28-21(32)9-7-10-22(28)33/h5-17,35,40H,1H2,2-4H3,(H,36,37,38). The van der Waals surface area contributed by atoms with E-state index < -0.39 is 53.2 Å². The Morgan fingerprint density at radius 1 is 0.913 bits per heavy atom. The molecule has 0 fully saturated rings. The summed E-state index contributed by atoms with van der Waals surface area (Å²) in [6.45, 7) is 9.24. The largest absolute Gasteiger partial charge is 0.324 e. The molecule has 3 N–H and O–H groups in total. The maximum absolute atomic E-state index is 16.1. The number of thiazole rings is 1. The molecule has 0 aliphatic rings. The lowest BCUT2D eigenvalue weighted by Crippen LogP contribution is -2.17. The third-order valence-corrected chi connectivity index (χ3v) is 10.9. The highest BCUT2D eigenvalue weighted by molar-refractivity contribution is 7.95. The van der Waals surface area contributed by atoms with Crippen LogP contribution in [-0.2, 0) is 25.2 Å². The average Bonchev–Trinajstić information content (AvgIpc) is 3.45. The number of benzene rings is 3. The summed E-state index contributed by atoms with van der Waals surface area (Å²) in [5.74, 6) is -3.46. The zero-order valence-corrected chi connectivity index (χ0v) is 27.1. The molecule has 3 aromatic carbocycles. The Kier molecular flexibility index (Phi) is 8.77. The van der Waals surface area contributed by atoms with Crippen LogP contribution in [0.15, 0.2) is 94.7 Å². The molecule has 0 saturated heterocycles. The van der Waals surface area contributed by atoms with E-state index in [0.717, 1.165) is 29.7 Å². The molecule has 1 unspecified atom stereocenters. The number of anilines is 3. The predicted molar refractivity (Wildman–Crippen MR) is 173 cm³/mol. The average molecular weight is 685 g/mol. The lowest BCUT2D eigenvalue weighted by molar-refractivity contribution is 0.521. The minimum atomic E-state index is -4.84. The van der Waals surface area contributed by atoms with Gasteiger partial charge in [0.05, 0.1) is 41.6 Å². The lowest BCUT2D eigenvalue weighted by atomic mass is 9.98. The quantitative estimate of drug-likeness (QED) is 0.143. The number of hydrogen-bond acceptors (Lipinski definition) is 9. The Labute approximate surface area is 268 Å². The summed E-state index contributed by atoms with van der Waals surface area (Å²) in [6, 6.07) is 14.5. The summed E-state index contributed by atoms with van der Waals surface area (Å²) in [4.78, 5) is 13.1. The molecule has 0 amide bonds. The maximum Gasteiger partial charge on any atom is 0.267 e. The van der Waals surface area contributed by atoms with Gasteiger partial charge in [0.15, 0.2) is 10.7 Å². The molecule has 0 bridgehead atoms. The molecule has 238 valence electrons. The van der Waals surface area contributed by atoms with Gasteiger partial charge in [0.1, 0.15) is 11.6 Å². The van der Waals surface area contributed by atoms with Gasteiger partial charge >= 0.3 is 0 Å². The smallest absolute Gasteiger partial charge is 0.267 e. The molecule has 1 atom stereocenters. The van der Waals surface area contributed by atoms with Crippen LogP contribution in [0, 0.1) is 22.2 Å². The van der Waals surface area contributed by atoms with E-state index in [1.54, 1.807) is 18.2 Å². The minimum Gasteiger partial charge on any atom is -0.324 e. The monoisotopic (exact) mass is 684 g/mol. The fourth-order valence-electron chi connectivity index (χ4n) is 4.24. The Morgan fingerprint density at radius 3 is 2.20 bits per heavy atom. The van der Waals surface area contributed by atoms with E-state index in [0.29, 0.717) is 21.3 Å². The molecule has 5 rings (SSSR count). The molecule has 15 heteroatoms. The van der Waals surface area contributed by atoms with Gasteiger partial charge in [0.25, 0.3) is 10.0 Å². The van der Waals surface area contributed by atoms with Crippen LogP contribution in [0.4, 0.5) is 30.5 Å². The molecule has 0 aliphatic heterocycles. The molecule has 46 heavy (non-hydrogen) atoms. The summed E-state index contributed by atoms with van der Waals surface area (Å²) in [5.41, 5.74) is 0.0651. The SMILES string of the molecule is C=CS(=N)(=O)c1ccc(Nc2nccc(-c3sc(C(C)(C)C)nc3-c3cccc(NS(=O)(=O)c4c(F)cccc4F)c3F)n2)cc1. The van der Waals surface area contributed by atoms with Gasteiger partial charge in [-0.15, -0.1) is 11.3 Å². The van der Waals surface area contributed by atoms with E-state index in [2.05, 4.69) is 21.9 Å².